The van der Waals surface area contributed by atoms with Crippen molar-refractivity contribution in [3.05, 3.63) is 94.9 Å². The molecule has 0 aliphatic carbocycles. The van der Waals surface area contributed by atoms with E-state index in [0.29, 0.717) is 10.8 Å². The van der Waals surface area contributed by atoms with Crippen molar-refractivity contribution in [3.8, 4) is 11.3 Å². The van der Waals surface area contributed by atoms with Crippen molar-refractivity contribution < 1.29 is 19.5 Å². The summed E-state index contributed by atoms with van der Waals surface area (Å²) < 4.78 is 0. The van der Waals surface area contributed by atoms with E-state index in [4.69, 9.17) is 10.1 Å². The summed E-state index contributed by atoms with van der Waals surface area (Å²) in [5.41, 5.74) is 4.45. The molecule has 0 radical (unpaired) electrons. The topological polar surface area (TPSA) is 108 Å². The first-order valence-corrected chi connectivity index (χ1v) is 13.7. The number of carboxylic acids is 1. The summed E-state index contributed by atoms with van der Waals surface area (Å²) in [6.07, 6.45) is -0.317. The molecule has 2 amide bonds. The molecule has 4 aromatic rings. The van der Waals surface area contributed by atoms with Gasteiger partial charge in [-0.15, -0.1) is 23.1 Å². The molecule has 9 heteroatoms. The van der Waals surface area contributed by atoms with Crippen LogP contribution in [0.4, 0.5) is 10.8 Å². The van der Waals surface area contributed by atoms with Gasteiger partial charge in [-0.1, -0.05) is 60.2 Å². The highest BCUT2D eigenvalue weighted by Crippen LogP contribution is 2.38. The van der Waals surface area contributed by atoms with Crippen molar-refractivity contribution >= 4 is 51.7 Å². The molecule has 0 bridgehead atoms. The SMILES string of the molecule is Cc1ccc(-c2nc(NC(=O)C(Sc3ccc(NC(=O)CCC(=O)O)cc3)c3ccccc3)sc2C)cc1. The van der Waals surface area contributed by atoms with Crippen LogP contribution in [0.15, 0.2) is 83.8 Å². The molecule has 0 saturated heterocycles. The second-order valence-corrected chi connectivity index (χ2v) is 11.0. The van der Waals surface area contributed by atoms with Gasteiger partial charge in [-0.25, -0.2) is 4.98 Å². The molecule has 1 heterocycles. The molecule has 1 unspecified atom stereocenters. The number of aryl methyl sites for hydroxylation is 2. The number of thioether (sulfide) groups is 1. The van der Waals surface area contributed by atoms with Crippen molar-refractivity contribution in [3.63, 3.8) is 0 Å². The van der Waals surface area contributed by atoms with Gasteiger partial charge in [-0.2, -0.15) is 0 Å². The molecule has 38 heavy (non-hydrogen) atoms. The number of aromatic nitrogens is 1. The number of anilines is 2. The summed E-state index contributed by atoms with van der Waals surface area (Å²) in [6.45, 7) is 4.03. The van der Waals surface area contributed by atoms with E-state index in [0.717, 1.165) is 26.6 Å². The number of nitrogens with zero attached hydrogens (tertiary/aromatic N) is 1. The summed E-state index contributed by atoms with van der Waals surface area (Å²) in [6, 6.07) is 24.8. The lowest BCUT2D eigenvalue weighted by Gasteiger charge is -2.16. The summed E-state index contributed by atoms with van der Waals surface area (Å²) in [4.78, 5) is 42.6. The summed E-state index contributed by atoms with van der Waals surface area (Å²) in [5, 5.41) is 14.5. The molecule has 3 aromatic carbocycles. The Morgan fingerprint density at radius 3 is 2.24 bits per heavy atom. The standard InChI is InChI=1S/C29H27N3O4S2/c1-18-8-10-20(11-9-18)26-19(2)37-29(31-26)32-28(36)27(21-6-4-3-5-7-21)38-23-14-12-22(13-15-23)30-24(33)16-17-25(34)35/h3-15,27H,16-17H2,1-2H3,(H,30,33)(H,34,35)(H,31,32,36). The molecule has 0 fully saturated rings. The third-order valence-corrected chi connectivity index (χ3v) is 7.80. The van der Waals surface area contributed by atoms with Gasteiger partial charge in [-0.05, 0) is 43.7 Å². The third-order valence-electron chi connectivity index (χ3n) is 5.65. The van der Waals surface area contributed by atoms with Crippen LogP contribution in [0.25, 0.3) is 11.3 Å². The number of benzene rings is 3. The van der Waals surface area contributed by atoms with Crippen LogP contribution in [0.1, 0.15) is 34.1 Å². The Morgan fingerprint density at radius 1 is 0.895 bits per heavy atom. The molecule has 0 spiro atoms. The largest absolute Gasteiger partial charge is 0.481 e. The van der Waals surface area contributed by atoms with E-state index in [9.17, 15) is 14.4 Å². The molecule has 7 nitrogen and oxygen atoms in total. The van der Waals surface area contributed by atoms with E-state index in [1.54, 1.807) is 12.1 Å². The summed E-state index contributed by atoms with van der Waals surface area (Å²) in [5.74, 6) is -1.56. The molecule has 194 valence electrons. The van der Waals surface area contributed by atoms with Crippen LogP contribution in [0.2, 0.25) is 0 Å². The fourth-order valence-electron chi connectivity index (χ4n) is 3.70. The predicted octanol–water partition coefficient (Wildman–Crippen LogP) is 6.70. The molecule has 4 rings (SSSR count). The van der Waals surface area contributed by atoms with Gasteiger partial charge in [0.2, 0.25) is 11.8 Å². The molecular formula is C29H27N3O4S2. The van der Waals surface area contributed by atoms with E-state index in [-0.39, 0.29) is 24.7 Å². The number of carbonyl (C=O) groups excluding carboxylic acids is 2. The Labute approximate surface area is 229 Å². The Morgan fingerprint density at radius 2 is 1.58 bits per heavy atom. The smallest absolute Gasteiger partial charge is 0.303 e. The van der Waals surface area contributed by atoms with Gasteiger partial charge in [-0.3, -0.25) is 14.4 Å². The fourth-order valence-corrected chi connectivity index (χ4v) is 5.56. The molecular weight excluding hydrogens is 518 g/mol. The lowest BCUT2D eigenvalue weighted by Crippen LogP contribution is -2.19. The minimum Gasteiger partial charge on any atom is -0.481 e. The zero-order valence-corrected chi connectivity index (χ0v) is 22.6. The van der Waals surface area contributed by atoms with E-state index in [2.05, 4.69) is 10.6 Å². The van der Waals surface area contributed by atoms with Gasteiger partial charge < -0.3 is 15.7 Å². The third kappa shape index (κ3) is 7.30. The number of rotatable bonds is 10. The van der Waals surface area contributed by atoms with Gasteiger partial charge in [0, 0.05) is 27.4 Å². The highest BCUT2D eigenvalue weighted by Gasteiger charge is 2.24. The van der Waals surface area contributed by atoms with E-state index >= 15 is 0 Å². The Balaban J connectivity index is 1.48. The number of amides is 2. The van der Waals surface area contributed by atoms with Crippen molar-refractivity contribution in [1.29, 1.82) is 0 Å². The first-order chi connectivity index (χ1) is 18.3. The number of hydrogen-bond donors (Lipinski definition) is 3. The van der Waals surface area contributed by atoms with Crippen LogP contribution >= 0.6 is 23.1 Å². The lowest BCUT2D eigenvalue weighted by molar-refractivity contribution is -0.138. The van der Waals surface area contributed by atoms with Crippen molar-refractivity contribution in [2.24, 2.45) is 0 Å². The van der Waals surface area contributed by atoms with Crippen molar-refractivity contribution in [1.82, 2.24) is 4.98 Å². The van der Waals surface area contributed by atoms with Crippen LogP contribution in [0.3, 0.4) is 0 Å². The Hall–Kier alpha value is -3.95. The molecule has 1 atom stereocenters. The highest BCUT2D eigenvalue weighted by atomic mass is 32.2. The zero-order chi connectivity index (χ0) is 27.1. The first-order valence-electron chi connectivity index (χ1n) is 12.0. The zero-order valence-electron chi connectivity index (χ0n) is 20.9. The predicted molar refractivity (Wildman–Crippen MR) is 153 cm³/mol. The monoisotopic (exact) mass is 545 g/mol. The van der Waals surface area contributed by atoms with Gasteiger partial charge >= 0.3 is 5.97 Å². The van der Waals surface area contributed by atoms with E-state index in [1.165, 1.54) is 28.7 Å². The van der Waals surface area contributed by atoms with Crippen molar-refractivity contribution in [2.75, 3.05) is 10.6 Å². The first kappa shape index (κ1) is 27.1. The second-order valence-electron chi connectivity index (χ2n) is 8.65. The molecule has 0 aliphatic heterocycles. The fraction of sp³-hybridized carbons (Fsp3) is 0.172. The number of aliphatic carboxylic acids is 1. The summed E-state index contributed by atoms with van der Waals surface area (Å²) in [7, 11) is 0. The number of hydrogen-bond acceptors (Lipinski definition) is 6. The van der Waals surface area contributed by atoms with Crippen LogP contribution in [0.5, 0.6) is 0 Å². The number of nitrogens with one attached hydrogen (secondary N) is 2. The van der Waals surface area contributed by atoms with Gasteiger partial charge in [0.25, 0.3) is 0 Å². The van der Waals surface area contributed by atoms with E-state index < -0.39 is 11.2 Å². The summed E-state index contributed by atoms with van der Waals surface area (Å²) >= 11 is 2.84. The van der Waals surface area contributed by atoms with Gasteiger partial charge in [0.05, 0.1) is 12.1 Å². The molecule has 0 aliphatic rings. The van der Waals surface area contributed by atoms with Crippen LogP contribution in [-0.2, 0) is 14.4 Å². The quantitative estimate of drug-likeness (QED) is 0.191. The van der Waals surface area contributed by atoms with Crippen LogP contribution in [-0.4, -0.2) is 27.9 Å². The normalized spacial score (nSPS) is 11.5. The maximum Gasteiger partial charge on any atom is 0.303 e. The minimum absolute atomic E-state index is 0.0933. The van der Waals surface area contributed by atoms with Gasteiger partial charge in [0.1, 0.15) is 5.25 Å². The van der Waals surface area contributed by atoms with Crippen LogP contribution < -0.4 is 10.6 Å². The number of carbonyl (C=O) groups is 3. The molecule has 0 saturated carbocycles. The molecule has 3 N–H and O–H groups in total. The maximum absolute atomic E-state index is 13.5. The second kappa shape index (κ2) is 12.5. The lowest BCUT2D eigenvalue weighted by atomic mass is 10.1. The average Bonchev–Trinajstić information content (AvgIpc) is 3.27. The number of thiazole rings is 1. The van der Waals surface area contributed by atoms with Crippen LogP contribution in [0, 0.1) is 13.8 Å². The maximum atomic E-state index is 13.5. The Bertz CT molecular complexity index is 1420. The van der Waals surface area contributed by atoms with Crippen molar-refractivity contribution in [2.45, 2.75) is 36.8 Å². The Kier molecular flexibility index (Phi) is 8.93. The highest BCUT2D eigenvalue weighted by molar-refractivity contribution is 8.00. The van der Waals surface area contributed by atoms with Gasteiger partial charge in [0.15, 0.2) is 5.13 Å². The average molecular weight is 546 g/mol. The molecule has 1 aromatic heterocycles. The number of carboxylic acid groups (broad SMARTS) is 1. The minimum atomic E-state index is -1.02. The van der Waals surface area contributed by atoms with E-state index in [1.807, 2.05) is 80.6 Å².